The summed E-state index contributed by atoms with van der Waals surface area (Å²) in [5.41, 5.74) is 0.352. The summed E-state index contributed by atoms with van der Waals surface area (Å²) in [7, 11) is 2.10. The number of halogens is 1. The van der Waals surface area contributed by atoms with Crippen molar-refractivity contribution in [2.75, 3.05) is 20.1 Å². The number of nitrogens with zero attached hydrogens (tertiary/aromatic N) is 1. The van der Waals surface area contributed by atoms with Gasteiger partial charge in [0.05, 0.1) is 5.56 Å². The van der Waals surface area contributed by atoms with Gasteiger partial charge in [0.25, 0.3) is 5.91 Å². The van der Waals surface area contributed by atoms with Crippen molar-refractivity contribution in [2.24, 2.45) is 0 Å². The predicted molar refractivity (Wildman–Crippen MR) is 83.4 cm³/mol. The van der Waals surface area contributed by atoms with Crippen LogP contribution in [0.3, 0.4) is 0 Å². The number of aromatic hydroxyl groups is 1. The zero-order valence-electron chi connectivity index (χ0n) is 11.0. The molecular formula is C14H19IN2O2. The number of likely N-dealkylation sites (N-methyl/N-ethyl adjacent to an activating group) is 1. The van der Waals surface area contributed by atoms with Gasteiger partial charge in [-0.25, -0.2) is 0 Å². The van der Waals surface area contributed by atoms with Gasteiger partial charge in [0.15, 0.2) is 0 Å². The molecule has 19 heavy (non-hydrogen) atoms. The molecule has 1 atom stereocenters. The van der Waals surface area contributed by atoms with Crippen molar-refractivity contribution in [3.63, 3.8) is 0 Å². The van der Waals surface area contributed by atoms with Gasteiger partial charge >= 0.3 is 0 Å². The van der Waals surface area contributed by atoms with Crippen molar-refractivity contribution in [3.05, 3.63) is 27.3 Å². The Kier molecular flexibility index (Phi) is 5.04. The molecule has 5 heteroatoms. The average Bonchev–Trinajstić information content (AvgIpc) is 2.40. The van der Waals surface area contributed by atoms with E-state index in [1.165, 1.54) is 12.8 Å². The van der Waals surface area contributed by atoms with Crippen LogP contribution in [0.5, 0.6) is 5.75 Å². The van der Waals surface area contributed by atoms with Crippen molar-refractivity contribution < 1.29 is 9.90 Å². The number of carbonyl (C=O) groups is 1. The minimum atomic E-state index is -0.199. The Balaban J connectivity index is 1.95. The third kappa shape index (κ3) is 3.82. The summed E-state index contributed by atoms with van der Waals surface area (Å²) in [6.45, 7) is 1.73. The summed E-state index contributed by atoms with van der Waals surface area (Å²) in [6.07, 6.45) is 3.58. The van der Waals surface area contributed by atoms with E-state index >= 15 is 0 Å². The molecule has 1 aliphatic heterocycles. The highest BCUT2D eigenvalue weighted by Crippen LogP contribution is 2.20. The van der Waals surface area contributed by atoms with Gasteiger partial charge in [-0.05, 0) is 67.2 Å². The number of nitrogens with one attached hydrogen (secondary N) is 1. The second-order valence-electron chi connectivity index (χ2n) is 5.00. The van der Waals surface area contributed by atoms with Gasteiger partial charge in [0.1, 0.15) is 5.75 Å². The van der Waals surface area contributed by atoms with E-state index in [1.807, 2.05) is 0 Å². The summed E-state index contributed by atoms with van der Waals surface area (Å²) in [5, 5.41) is 12.6. The molecule has 0 radical (unpaired) electrons. The molecule has 1 aliphatic rings. The van der Waals surface area contributed by atoms with Crippen molar-refractivity contribution in [1.29, 1.82) is 0 Å². The Morgan fingerprint density at radius 3 is 3.05 bits per heavy atom. The van der Waals surface area contributed by atoms with Crippen LogP contribution in [-0.4, -0.2) is 42.1 Å². The number of amides is 1. The van der Waals surface area contributed by atoms with Gasteiger partial charge in [-0.2, -0.15) is 0 Å². The SMILES string of the molecule is CN1CCCCC1CNC(=O)c1cc(I)ccc1O. The van der Waals surface area contributed by atoms with E-state index in [0.29, 0.717) is 18.2 Å². The molecule has 0 aliphatic carbocycles. The molecule has 1 amide bonds. The van der Waals surface area contributed by atoms with Crippen LogP contribution in [0.25, 0.3) is 0 Å². The lowest BCUT2D eigenvalue weighted by molar-refractivity contribution is 0.0926. The van der Waals surface area contributed by atoms with Crippen LogP contribution < -0.4 is 5.32 Å². The molecule has 1 unspecified atom stereocenters. The highest BCUT2D eigenvalue weighted by atomic mass is 127. The molecule has 0 spiro atoms. The zero-order valence-corrected chi connectivity index (χ0v) is 13.2. The molecule has 104 valence electrons. The van der Waals surface area contributed by atoms with E-state index in [0.717, 1.165) is 16.5 Å². The van der Waals surface area contributed by atoms with Crippen LogP contribution in [-0.2, 0) is 0 Å². The summed E-state index contributed by atoms with van der Waals surface area (Å²) < 4.78 is 0.940. The number of benzene rings is 1. The van der Waals surface area contributed by atoms with E-state index in [1.54, 1.807) is 18.2 Å². The normalized spacial score (nSPS) is 20.2. The Hall–Kier alpha value is -0.820. The van der Waals surface area contributed by atoms with E-state index in [-0.39, 0.29) is 11.7 Å². The summed E-state index contributed by atoms with van der Waals surface area (Å²) in [4.78, 5) is 14.4. The number of carbonyl (C=O) groups excluding carboxylic acids is 1. The first kappa shape index (κ1) is 14.6. The van der Waals surface area contributed by atoms with Crippen LogP contribution >= 0.6 is 22.6 Å². The van der Waals surface area contributed by atoms with Gasteiger partial charge in [-0.1, -0.05) is 6.42 Å². The molecule has 1 aromatic carbocycles. The maximum Gasteiger partial charge on any atom is 0.255 e. The summed E-state index contributed by atoms with van der Waals surface area (Å²) in [6, 6.07) is 5.45. The van der Waals surface area contributed by atoms with Crippen LogP contribution in [0.2, 0.25) is 0 Å². The monoisotopic (exact) mass is 374 g/mol. The number of phenolic OH excluding ortho intramolecular Hbond substituents is 1. The predicted octanol–water partition coefficient (Wildman–Crippen LogP) is 2.21. The van der Waals surface area contributed by atoms with Gasteiger partial charge in [-0.15, -0.1) is 0 Å². The lowest BCUT2D eigenvalue weighted by Crippen LogP contribution is -2.44. The minimum absolute atomic E-state index is 0.0370. The number of hydrogen-bond donors (Lipinski definition) is 2. The first-order valence-corrected chi connectivity index (χ1v) is 7.63. The number of piperidine rings is 1. The number of phenols is 1. The Morgan fingerprint density at radius 2 is 2.32 bits per heavy atom. The maximum atomic E-state index is 12.1. The van der Waals surface area contributed by atoms with Crippen molar-refractivity contribution >= 4 is 28.5 Å². The molecule has 1 saturated heterocycles. The number of hydrogen-bond acceptors (Lipinski definition) is 3. The number of rotatable bonds is 3. The second-order valence-corrected chi connectivity index (χ2v) is 6.25. The number of likely N-dealkylation sites (tertiary alicyclic amines) is 1. The van der Waals surface area contributed by atoms with Gasteiger partial charge < -0.3 is 15.3 Å². The lowest BCUT2D eigenvalue weighted by Gasteiger charge is -2.32. The molecule has 1 fully saturated rings. The Labute approximate surface area is 127 Å². The zero-order chi connectivity index (χ0) is 13.8. The molecule has 2 N–H and O–H groups in total. The highest BCUT2D eigenvalue weighted by Gasteiger charge is 2.20. The van der Waals surface area contributed by atoms with Crippen LogP contribution in [0, 0.1) is 3.57 Å². The fraction of sp³-hybridized carbons (Fsp3) is 0.500. The molecule has 0 saturated carbocycles. The quantitative estimate of drug-likeness (QED) is 0.798. The van der Waals surface area contributed by atoms with Gasteiger partial charge in [0.2, 0.25) is 0 Å². The minimum Gasteiger partial charge on any atom is -0.507 e. The summed E-state index contributed by atoms with van der Waals surface area (Å²) in [5.74, 6) is -0.162. The Bertz CT molecular complexity index is 465. The Morgan fingerprint density at radius 1 is 1.53 bits per heavy atom. The van der Waals surface area contributed by atoms with E-state index in [2.05, 4.69) is 39.9 Å². The molecule has 0 bridgehead atoms. The highest BCUT2D eigenvalue weighted by molar-refractivity contribution is 14.1. The first-order valence-electron chi connectivity index (χ1n) is 6.55. The summed E-state index contributed by atoms with van der Waals surface area (Å²) >= 11 is 2.13. The molecule has 2 rings (SSSR count). The smallest absolute Gasteiger partial charge is 0.255 e. The van der Waals surface area contributed by atoms with E-state index in [4.69, 9.17) is 0 Å². The molecule has 1 heterocycles. The largest absolute Gasteiger partial charge is 0.507 e. The van der Waals surface area contributed by atoms with Gasteiger partial charge in [0, 0.05) is 16.2 Å². The standard InChI is InChI=1S/C14H19IN2O2/c1-17-7-3-2-4-11(17)9-16-14(19)12-8-10(15)5-6-13(12)18/h5-6,8,11,18H,2-4,7,9H2,1H3,(H,16,19). The second kappa shape index (κ2) is 6.56. The van der Waals surface area contributed by atoms with E-state index in [9.17, 15) is 9.90 Å². The third-order valence-electron chi connectivity index (χ3n) is 3.62. The lowest BCUT2D eigenvalue weighted by atomic mass is 10.0. The van der Waals surface area contributed by atoms with Crippen molar-refractivity contribution in [3.8, 4) is 5.75 Å². The third-order valence-corrected chi connectivity index (χ3v) is 4.29. The first-order chi connectivity index (χ1) is 9.08. The fourth-order valence-electron chi connectivity index (χ4n) is 2.40. The fourth-order valence-corrected chi connectivity index (χ4v) is 2.89. The maximum absolute atomic E-state index is 12.1. The molecule has 0 aromatic heterocycles. The van der Waals surface area contributed by atoms with Crippen molar-refractivity contribution in [1.82, 2.24) is 10.2 Å². The van der Waals surface area contributed by atoms with Crippen LogP contribution in [0.15, 0.2) is 18.2 Å². The molecular weight excluding hydrogens is 355 g/mol. The van der Waals surface area contributed by atoms with Crippen molar-refractivity contribution in [2.45, 2.75) is 25.3 Å². The topological polar surface area (TPSA) is 52.6 Å². The molecule has 1 aromatic rings. The van der Waals surface area contributed by atoms with Crippen LogP contribution in [0.1, 0.15) is 29.6 Å². The van der Waals surface area contributed by atoms with Crippen LogP contribution in [0.4, 0.5) is 0 Å². The molecule has 4 nitrogen and oxygen atoms in total. The van der Waals surface area contributed by atoms with E-state index < -0.39 is 0 Å². The average molecular weight is 374 g/mol. The van der Waals surface area contributed by atoms with Gasteiger partial charge in [-0.3, -0.25) is 4.79 Å².